The number of hydrogen-bond donors (Lipinski definition) is 0. The fraction of sp³-hybridized carbons (Fsp3) is 0.885. The third-order valence-electron chi connectivity index (χ3n) is 7.32. The van der Waals surface area contributed by atoms with Crippen LogP contribution < -0.4 is 0 Å². The summed E-state index contributed by atoms with van der Waals surface area (Å²) in [5.74, 6) is -0.650. The molecule has 1 unspecified atom stereocenters. The van der Waals surface area contributed by atoms with Crippen LogP contribution in [-0.2, 0) is 28.3 Å². The Morgan fingerprint density at radius 2 is 1.78 bits per heavy atom. The number of carbonyl (C=O) groups is 3. The molecule has 0 aromatic rings. The van der Waals surface area contributed by atoms with Crippen LogP contribution in [0.4, 0.5) is 0 Å². The summed E-state index contributed by atoms with van der Waals surface area (Å²) in [6.45, 7) is 15.5. The Kier molecular flexibility index (Phi) is 9.53. The first-order chi connectivity index (χ1) is 17.1. The predicted molar refractivity (Wildman–Crippen MR) is 142 cm³/mol. The van der Waals surface area contributed by atoms with Crippen LogP contribution in [0.3, 0.4) is 0 Å². The van der Waals surface area contributed by atoms with Gasteiger partial charge in [0.05, 0.1) is 13.2 Å². The Morgan fingerprint density at radius 1 is 1.16 bits per heavy atom. The third kappa shape index (κ3) is 7.34. The predicted octanol–water partition coefficient (Wildman–Crippen LogP) is 3.02. The summed E-state index contributed by atoms with van der Waals surface area (Å²) in [4.78, 5) is 53.2. The van der Waals surface area contributed by atoms with E-state index in [0.717, 1.165) is 25.9 Å². The molecule has 212 valence electrons. The second kappa shape index (κ2) is 11.7. The molecule has 37 heavy (non-hydrogen) atoms. The van der Waals surface area contributed by atoms with Gasteiger partial charge >= 0.3 is 0 Å². The molecule has 0 spiro atoms. The summed E-state index contributed by atoms with van der Waals surface area (Å²) in [6.07, 6.45) is 0.590. The van der Waals surface area contributed by atoms with Crippen LogP contribution in [0.25, 0.3) is 0 Å². The van der Waals surface area contributed by atoms with Crippen molar-refractivity contribution in [3.8, 4) is 0 Å². The molecule has 3 aliphatic rings. The lowest BCUT2D eigenvalue weighted by atomic mass is 9.84. The molecule has 3 fully saturated rings. The Labute approximate surface area is 222 Å². The van der Waals surface area contributed by atoms with Crippen molar-refractivity contribution in [3.05, 3.63) is 0 Å². The summed E-state index contributed by atoms with van der Waals surface area (Å²) >= 11 is 0. The van der Waals surface area contributed by atoms with E-state index in [2.05, 4.69) is 32.7 Å². The van der Waals surface area contributed by atoms with Crippen molar-refractivity contribution >= 4 is 25.1 Å². The molecule has 3 aliphatic heterocycles. The van der Waals surface area contributed by atoms with Gasteiger partial charge in [-0.2, -0.15) is 5.06 Å². The fourth-order valence-corrected chi connectivity index (χ4v) is 6.88. The summed E-state index contributed by atoms with van der Waals surface area (Å²) in [7, 11) is -1.12. The van der Waals surface area contributed by atoms with E-state index in [0.29, 0.717) is 12.8 Å². The maximum absolute atomic E-state index is 14.0. The van der Waals surface area contributed by atoms with E-state index in [1.807, 2.05) is 18.7 Å². The molecule has 0 radical (unpaired) electrons. The lowest BCUT2D eigenvalue weighted by molar-refractivity contribution is -0.277. The first-order valence-corrected chi connectivity index (χ1v) is 15.9. The molecule has 3 rings (SSSR count). The van der Waals surface area contributed by atoms with E-state index in [9.17, 15) is 18.9 Å². The zero-order chi connectivity index (χ0) is 27.7. The molecular weight excluding hydrogens is 495 g/mol. The SMILES string of the molecule is CCOP(C)(=O)CC(=O)N1O[C@H](CC(C)C)C(=O)N2[C@@H]1CN(C1CCN(C)CC1)C(=O)[C@@H]2CC(C)(C)C. The molecule has 0 N–H and O–H groups in total. The maximum atomic E-state index is 14.0. The van der Waals surface area contributed by atoms with Gasteiger partial charge in [0.25, 0.3) is 11.8 Å². The van der Waals surface area contributed by atoms with Gasteiger partial charge in [0, 0.05) is 12.7 Å². The summed E-state index contributed by atoms with van der Waals surface area (Å²) in [5, 5.41) is 1.24. The minimum absolute atomic E-state index is 0.0365. The van der Waals surface area contributed by atoms with E-state index in [1.165, 1.54) is 11.7 Å². The highest BCUT2D eigenvalue weighted by atomic mass is 31.2. The van der Waals surface area contributed by atoms with Crippen molar-refractivity contribution in [2.75, 3.05) is 46.1 Å². The zero-order valence-electron chi connectivity index (χ0n) is 23.9. The van der Waals surface area contributed by atoms with Crippen molar-refractivity contribution in [1.82, 2.24) is 19.8 Å². The van der Waals surface area contributed by atoms with Gasteiger partial charge < -0.3 is 19.2 Å². The van der Waals surface area contributed by atoms with E-state index in [4.69, 9.17) is 9.36 Å². The molecule has 11 heteroatoms. The molecule has 4 atom stereocenters. The van der Waals surface area contributed by atoms with E-state index >= 15 is 0 Å². The van der Waals surface area contributed by atoms with Crippen LogP contribution in [0.15, 0.2) is 0 Å². The third-order valence-corrected chi connectivity index (χ3v) is 8.97. The standard InChI is InChI=1S/C26H47N4O6P/c1-9-35-37(8,34)17-23(31)30-22-16-28(19-10-12-27(7)13-11-19)24(32)20(15-26(4,5)6)29(22)25(33)21(36-30)14-18(2)3/h18-22H,9-17H2,1-8H3/t20-,21+,22-,37?/m0/s1. The number of piperidine rings is 1. The van der Waals surface area contributed by atoms with Crippen LogP contribution in [0.5, 0.6) is 0 Å². The van der Waals surface area contributed by atoms with Gasteiger partial charge in [-0.15, -0.1) is 0 Å². The lowest BCUT2D eigenvalue weighted by Gasteiger charge is -2.55. The average Bonchev–Trinajstić information content (AvgIpc) is 2.76. The molecule has 0 aromatic carbocycles. The molecule has 0 bridgehead atoms. The quantitative estimate of drug-likeness (QED) is 0.435. The van der Waals surface area contributed by atoms with E-state index < -0.39 is 31.6 Å². The summed E-state index contributed by atoms with van der Waals surface area (Å²) < 4.78 is 18.3. The highest BCUT2D eigenvalue weighted by molar-refractivity contribution is 7.59. The Hall–Kier alpha value is -1.48. The Morgan fingerprint density at radius 3 is 2.32 bits per heavy atom. The molecule has 0 aromatic heterocycles. The smallest absolute Gasteiger partial charge is 0.257 e. The fourth-order valence-electron chi connectivity index (χ4n) is 5.61. The minimum Gasteiger partial charge on any atom is -0.334 e. The van der Waals surface area contributed by atoms with Crippen LogP contribution in [0, 0.1) is 11.3 Å². The van der Waals surface area contributed by atoms with Gasteiger partial charge in [-0.05, 0) is 64.1 Å². The van der Waals surface area contributed by atoms with Gasteiger partial charge in [0.2, 0.25) is 13.3 Å². The number of carbonyl (C=O) groups excluding carboxylic acids is 3. The van der Waals surface area contributed by atoms with Gasteiger partial charge in [-0.3, -0.25) is 23.8 Å². The number of amides is 3. The number of nitrogens with zero attached hydrogens (tertiary/aromatic N) is 4. The van der Waals surface area contributed by atoms with Crippen molar-refractivity contribution < 1.29 is 28.3 Å². The number of likely N-dealkylation sites (tertiary alicyclic amines) is 1. The monoisotopic (exact) mass is 542 g/mol. The lowest BCUT2D eigenvalue weighted by Crippen LogP contribution is -2.75. The second-order valence-electron chi connectivity index (χ2n) is 12.6. The topological polar surface area (TPSA) is 99.7 Å². The normalized spacial score (nSPS) is 28.0. The molecular formula is C26H47N4O6P. The molecule has 3 saturated heterocycles. The number of piperazine rings is 1. The van der Waals surface area contributed by atoms with Crippen molar-refractivity contribution in [2.24, 2.45) is 11.3 Å². The largest absolute Gasteiger partial charge is 0.334 e. The molecule has 3 heterocycles. The average molecular weight is 543 g/mol. The van der Waals surface area contributed by atoms with Gasteiger partial charge in [0.1, 0.15) is 12.2 Å². The van der Waals surface area contributed by atoms with Gasteiger partial charge in [-0.25, -0.2) is 0 Å². The van der Waals surface area contributed by atoms with Crippen LogP contribution in [-0.4, -0.2) is 108 Å². The Balaban J connectivity index is 2.01. The molecule has 3 amide bonds. The van der Waals surface area contributed by atoms with Crippen molar-refractivity contribution in [2.45, 2.75) is 91.6 Å². The Bertz CT molecular complexity index is 898. The number of fused-ring (bicyclic) bond motifs is 1. The first kappa shape index (κ1) is 30.1. The summed E-state index contributed by atoms with van der Waals surface area (Å²) in [6, 6.07) is -0.658. The van der Waals surface area contributed by atoms with E-state index in [-0.39, 0.29) is 48.5 Å². The highest BCUT2D eigenvalue weighted by Gasteiger charge is 2.54. The van der Waals surface area contributed by atoms with E-state index in [1.54, 1.807) is 11.8 Å². The van der Waals surface area contributed by atoms with Crippen molar-refractivity contribution in [1.29, 1.82) is 0 Å². The van der Waals surface area contributed by atoms with Crippen LogP contribution >= 0.6 is 7.37 Å². The van der Waals surface area contributed by atoms with Gasteiger partial charge in [-0.1, -0.05) is 34.6 Å². The van der Waals surface area contributed by atoms with Crippen molar-refractivity contribution in [3.63, 3.8) is 0 Å². The second-order valence-corrected chi connectivity index (χ2v) is 15.2. The number of rotatable bonds is 8. The first-order valence-electron chi connectivity index (χ1n) is 13.6. The minimum atomic E-state index is -3.20. The number of hydroxylamine groups is 2. The molecule has 0 saturated carbocycles. The number of hydrogen-bond acceptors (Lipinski definition) is 7. The maximum Gasteiger partial charge on any atom is 0.257 e. The highest BCUT2D eigenvalue weighted by Crippen LogP contribution is 2.43. The molecule has 0 aliphatic carbocycles. The van der Waals surface area contributed by atoms with Crippen LogP contribution in [0.2, 0.25) is 0 Å². The van der Waals surface area contributed by atoms with Gasteiger partial charge in [0.15, 0.2) is 12.3 Å². The summed E-state index contributed by atoms with van der Waals surface area (Å²) in [5.41, 5.74) is -0.226. The van der Waals surface area contributed by atoms with Crippen LogP contribution in [0.1, 0.15) is 67.2 Å². The zero-order valence-corrected chi connectivity index (χ0v) is 24.8. The molecule has 10 nitrogen and oxygen atoms in total.